The van der Waals surface area contributed by atoms with Gasteiger partial charge in [-0.25, -0.2) is 4.57 Å². The van der Waals surface area contributed by atoms with E-state index in [0.29, 0.717) is 0 Å². The van der Waals surface area contributed by atoms with Crippen molar-refractivity contribution >= 4 is 7.82 Å². The quantitative estimate of drug-likeness (QED) is 0.581. The summed E-state index contributed by atoms with van der Waals surface area (Å²) in [5.74, 6) is 0. The standard InChI is InChI=1S/C6H9F6O4P.H3N/c7-5(8,9)1-3-15-17(13,14)16-4-2-6(10,11)12;/h1-4H2,(H,13,14);1H3. The van der Waals surface area contributed by atoms with Crippen molar-refractivity contribution in [2.45, 2.75) is 25.2 Å². The van der Waals surface area contributed by atoms with E-state index in [1.165, 1.54) is 0 Å². The van der Waals surface area contributed by atoms with Gasteiger partial charge in [0.05, 0.1) is 26.1 Å². The first-order chi connectivity index (χ1) is 7.41. The van der Waals surface area contributed by atoms with Gasteiger partial charge in [-0.2, -0.15) is 26.3 Å². The Balaban J connectivity index is 0. The van der Waals surface area contributed by atoms with Crippen LogP contribution in [0.3, 0.4) is 0 Å². The Morgan fingerprint density at radius 3 is 1.39 bits per heavy atom. The topological polar surface area (TPSA) is 90.8 Å². The molecule has 0 radical (unpaired) electrons. The average molecular weight is 307 g/mol. The highest BCUT2D eigenvalue weighted by atomic mass is 31.2. The monoisotopic (exact) mass is 307 g/mol. The minimum atomic E-state index is -4.86. The maximum atomic E-state index is 11.6. The molecule has 0 aliphatic carbocycles. The van der Waals surface area contributed by atoms with Crippen LogP contribution in [-0.2, 0) is 13.6 Å². The molecule has 0 saturated carbocycles. The fourth-order valence-electron chi connectivity index (χ4n) is 0.591. The number of alkyl halides is 6. The molecule has 112 valence electrons. The molecule has 0 amide bonds. The van der Waals surface area contributed by atoms with Gasteiger partial charge in [0, 0.05) is 0 Å². The fourth-order valence-corrected chi connectivity index (χ4v) is 1.31. The van der Waals surface area contributed by atoms with Gasteiger partial charge in [-0.3, -0.25) is 9.05 Å². The summed E-state index contributed by atoms with van der Waals surface area (Å²) in [5.41, 5.74) is 0. The molecule has 0 bridgehead atoms. The van der Waals surface area contributed by atoms with E-state index in [-0.39, 0.29) is 6.15 Å². The van der Waals surface area contributed by atoms with Crippen molar-refractivity contribution in [1.29, 1.82) is 0 Å². The van der Waals surface area contributed by atoms with Crippen LogP contribution in [0.2, 0.25) is 0 Å². The lowest BCUT2D eigenvalue weighted by Crippen LogP contribution is -2.13. The molecule has 0 heterocycles. The Morgan fingerprint density at radius 1 is 0.889 bits per heavy atom. The maximum Gasteiger partial charge on any atom is 0.472 e. The molecular formula is C6H12F6NO4P. The summed E-state index contributed by atoms with van der Waals surface area (Å²) in [4.78, 5) is 8.68. The lowest BCUT2D eigenvalue weighted by Gasteiger charge is -2.13. The molecule has 0 aliphatic rings. The van der Waals surface area contributed by atoms with E-state index in [1.54, 1.807) is 0 Å². The summed E-state index contributed by atoms with van der Waals surface area (Å²) in [5, 5.41) is 0. The molecular weight excluding hydrogens is 295 g/mol. The third-order valence-electron chi connectivity index (χ3n) is 1.28. The number of hydrogen-bond donors (Lipinski definition) is 2. The van der Waals surface area contributed by atoms with Crippen molar-refractivity contribution in [3.63, 3.8) is 0 Å². The third-order valence-corrected chi connectivity index (χ3v) is 2.30. The number of rotatable bonds is 6. The van der Waals surface area contributed by atoms with E-state index in [4.69, 9.17) is 4.89 Å². The normalized spacial score (nSPS) is 13.3. The second-order valence-electron chi connectivity index (χ2n) is 2.87. The maximum absolute atomic E-state index is 11.6. The van der Waals surface area contributed by atoms with Gasteiger partial charge in [0.15, 0.2) is 0 Å². The minimum Gasteiger partial charge on any atom is -0.344 e. The number of phosphoric ester groups is 1. The summed E-state index contributed by atoms with van der Waals surface area (Å²) in [6.07, 6.45) is -12.2. The third kappa shape index (κ3) is 13.7. The van der Waals surface area contributed by atoms with Gasteiger partial charge in [0.2, 0.25) is 0 Å². The van der Waals surface area contributed by atoms with Crippen molar-refractivity contribution < 1.29 is 44.8 Å². The zero-order chi connectivity index (χ0) is 13.7. The molecule has 5 nitrogen and oxygen atoms in total. The Bertz CT molecular complexity index is 256. The molecule has 0 aromatic rings. The number of phosphoric acid groups is 1. The van der Waals surface area contributed by atoms with Crippen LogP contribution in [0.5, 0.6) is 0 Å². The second-order valence-corrected chi connectivity index (χ2v) is 4.32. The Hall–Kier alpha value is -0.350. The number of hydrogen-bond acceptors (Lipinski definition) is 4. The molecule has 0 fully saturated rings. The molecule has 0 rings (SSSR count). The highest BCUT2D eigenvalue weighted by molar-refractivity contribution is 7.47. The van der Waals surface area contributed by atoms with E-state index in [9.17, 15) is 30.9 Å². The van der Waals surface area contributed by atoms with Gasteiger partial charge in [0.1, 0.15) is 0 Å². The zero-order valence-corrected chi connectivity index (χ0v) is 9.82. The highest BCUT2D eigenvalue weighted by Crippen LogP contribution is 2.44. The van der Waals surface area contributed by atoms with Gasteiger partial charge in [-0.05, 0) is 0 Å². The minimum absolute atomic E-state index is 0. The Kier molecular flexibility index (Phi) is 8.09. The Labute approximate surface area is 98.3 Å². The summed E-state index contributed by atoms with van der Waals surface area (Å²) in [7, 11) is -4.86. The summed E-state index contributed by atoms with van der Waals surface area (Å²) >= 11 is 0. The average Bonchev–Trinajstić information content (AvgIpc) is 1.96. The lowest BCUT2D eigenvalue weighted by molar-refractivity contribution is -0.142. The largest absolute Gasteiger partial charge is 0.472 e. The van der Waals surface area contributed by atoms with E-state index in [0.717, 1.165) is 0 Å². The van der Waals surface area contributed by atoms with Crippen molar-refractivity contribution in [2.75, 3.05) is 13.2 Å². The molecule has 18 heavy (non-hydrogen) atoms. The van der Waals surface area contributed by atoms with Crippen LogP contribution in [0.15, 0.2) is 0 Å². The molecule has 0 saturated heterocycles. The smallest absolute Gasteiger partial charge is 0.344 e. The molecule has 4 N–H and O–H groups in total. The molecule has 0 aromatic carbocycles. The van der Waals surface area contributed by atoms with Crippen LogP contribution in [-0.4, -0.2) is 30.5 Å². The lowest BCUT2D eigenvalue weighted by atomic mass is 10.5. The summed E-state index contributed by atoms with van der Waals surface area (Å²) < 4.78 is 88.0. The fraction of sp³-hybridized carbons (Fsp3) is 1.00. The van der Waals surface area contributed by atoms with E-state index >= 15 is 0 Å². The van der Waals surface area contributed by atoms with Gasteiger partial charge in [-0.15, -0.1) is 0 Å². The second kappa shape index (κ2) is 7.29. The molecule has 12 heteroatoms. The molecule has 0 aromatic heterocycles. The van der Waals surface area contributed by atoms with Crippen molar-refractivity contribution in [1.82, 2.24) is 6.15 Å². The first-order valence-electron chi connectivity index (χ1n) is 4.17. The van der Waals surface area contributed by atoms with Crippen LogP contribution in [0.1, 0.15) is 12.8 Å². The first kappa shape index (κ1) is 20.0. The predicted octanol–water partition coefficient (Wildman–Crippen LogP) is 3.19. The summed E-state index contributed by atoms with van der Waals surface area (Å²) in [6, 6.07) is 0. The number of halogens is 6. The van der Waals surface area contributed by atoms with Crippen LogP contribution in [0, 0.1) is 0 Å². The van der Waals surface area contributed by atoms with E-state index < -0.39 is 46.2 Å². The highest BCUT2D eigenvalue weighted by Gasteiger charge is 2.32. The van der Waals surface area contributed by atoms with E-state index in [1.807, 2.05) is 0 Å². The Morgan fingerprint density at radius 2 is 1.17 bits per heavy atom. The molecule has 0 aliphatic heterocycles. The summed E-state index contributed by atoms with van der Waals surface area (Å²) in [6.45, 7) is -2.33. The molecule has 0 atom stereocenters. The van der Waals surface area contributed by atoms with Crippen molar-refractivity contribution in [3.8, 4) is 0 Å². The van der Waals surface area contributed by atoms with Gasteiger partial charge in [-0.1, -0.05) is 0 Å². The van der Waals surface area contributed by atoms with Crippen molar-refractivity contribution in [3.05, 3.63) is 0 Å². The van der Waals surface area contributed by atoms with Gasteiger partial charge in [0.25, 0.3) is 0 Å². The van der Waals surface area contributed by atoms with Gasteiger partial charge < -0.3 is 11.0 Å². The van der Waals surface area contributed by atoms with Crippen LogP contribution < -0.4 is 6.15 Å². The van der Waals surface area contributed by atoms with Crippen LogP contribution in [0.25, 0.3) is 0 Å². The van der Waals surface area contributed by atoms with Crippen LogP contribution in [0.4, 0.5) is 26.3 Å². The van der Waals surface area contributed by atoms with Gasteiger partial charge >= 0.3 is 20.2 Å². The molecule has 0 spiro atoms. The SMILES string of the molecule is N.O=P(O)(OCCC(F)(F)F)OCCC(F)(F)F. The zero-order valence-electron chi connectivity index (χ0n) is 8.92. The molecule has 0 unspecified atom stereocenters. The van der Waals surface area contributed by atoms with Crippen molar-refractivity contribution in [2.24, 2.45) is 0 Å². The van der Waals surface area contributed by atoms with E-state index in [2.05, 4.69) is 9.05 Å². The first-order valence-corrected chi connectivity index (χ1v) is 5.66. The predicted molar refractivity (Wildman–Crippen MR) is 48.1 cm³/mol. The van der Waals surface area contributed by atoms with Crippen LogP contribution >= 0.6 is 7.82 Å².